The zero-order valence-electron chi connectivity index (χ0n) is 19.2. The number of non-ortho nitro benzene ring substituents is 1. The molecule has 0 atom stereocenters. The van der Waals surface area contributed by atoms with Crippen molar-refractivity contribution in [2.75, 3.05) is 19.6 Å². The molecule has 35 heavy (non-hydrogen) atoms. The summed E-state index contributed by atoms with van der Waals surface area (Å²) < 4.78 is 14.3. The molecule has 1 N–H and O–H groups in total. The molecule has 3 aromatic rings. The maximum absolute atomic E-state index is 14.3. The van der Waals surface area contributed by atoms with E-state index < -0.39 is 22.3 Å². The van der Waals surface area contributed by atoms with Gasteiger partial charge in [-0.1, -0.05) is 6.07 Å². The fourth-order valence-corrected chi connectivity index (χ4v) is 4.96. The molecule has 182 valence electrons. The summed E-state index contributed by atoms with van der Waals surface area (Å²) in [4.78, 5) is 43.3. The lowest BCUT2D eigenvalue weighted by Crippen LogP contribution is -2.39. The zero-order chi connectivity index (χ0) is 24.9. The van der Waals surface area contributed by atoms with Crippen LogP contribution >= 0.6 is 11.3 Å². The van der Waals surface area contributed by atoms with E-state index in [0.717, 1.165) is 30.3 Å². The van der Waals surface area contributed by atoms with Crippen LogP contribution in [0.25, 0.3) is 0 Å². The molecular weight excluding hydrogens is 471 g/mol. The molecule has 1 aliphatic heterocycles. The van der Waals surface area contributed by atoms with Crippen LogP contribution in [-0.4, -0.2) is 46.3 Å². The normalized spacial score (nSPS) is 14.1. The third kappa shape index (κ3) is 5.71. The summed E-state index contributed by atoms with van der Waals surface area (Å²) in [5, 5.41) is 15.8. The highest BCUT2D eigenvalue weighted by Crippen LogP contribution is 2.30. The summed E-state index contributed by atoms with van der Waals surface area (Å²) in [6, 6.07) is 10.7. The van der Waals surface area contributed by atoms with Crippen LogP contribution in [0.2, 0.25) is 0 Å². The average Bonchev–Trinajstić information content (AvgIpc) is 3.37. The first-order valence-electron chi connectivity index (χ1n) is 11.3. The SMILES string of the molecule is Cc1ccc(C(=O)NCCc2cccs2)c(C2CCN(C(=O)c3ccc([N+](=O)[O-])cc3F)CC2)n1. The quantitative estimate of drug-likeness (QED) is 0.383. The van der Waals surface area contributed by atoms with E-state index in [9.17, 15) is 24.1 Å². The van der Waals surface area contributed by atoms with E-state index in [4.69, 9.17) is 0 Å². The van der Waals surface area contributed by atoms with Crippen molar-refractivity contribution in [2.24, 2.45) is 0 Å². The van der Waals surface area contributed by atoms with Crippen molar-refractivity contribution in [1.29, 1.82) is 0 Å². The summed E-state index contributed by atoms with van der Waals surface area (Å²) in [7, 11) is 0. The van der Waals surface area contributed by atoms with Crippen molar-refractivity contribution >= 4 is 28.8 Å². The number of carbonyl (C=O) groups excluding carboxylic acids is 2. The molecule has 3 heterocycles. The van der Waals surface area contributed by atoms with Crippen molar-refractivity contribution in [2.45, 2.75) is 32.1 Å². The van der Waals surface area contributed by atoms with Gasteiger partial charge in [-0.25, -0.2) is 4.39 Å². The minimum absolute atomic E-state index is 0.0151. The molecule has 0 spiro atoms. The third-order valence-corrected chi connectivity index (χ3v) is 7.04. The Kier molecular flexibility index (Phi) is 7.50. The van der Waals surface area contributed by atoms with Gasteiger partial charge in [0.15, 0.2) is 0 Å². The second kappa shape index (κ2) is 10.7. The van der Waals surface area contributed by atoms with Crippen LogP contribution in [0.5, 0.6) is 0 Å². The van der Waals surface area contributed by atoms with Crippen molar-refractivity contribution in [3.8, 4) is 0 Å². The zero-order valence-corrected chi connectivity index (χ0v) is 20.0. The molecule has 8 nitrogen and oxygen atoms in total. The molecule has 0 bridgehead atoms. The summed E-state index contributed by atoms with van der Waals surface area (Å²) >= 11 is 1.65. The fraction of sp³-hybridized carbons (Fsp3) is 0.320. The lowest BCUT2D eigenvalue weighted by molar-refractivity contribution is -0.385. The number of likely N-dealkylation sites (tertiary alicyclic amines) is 1. The number of piperidine rings is 1. The van der Waals surface area contributed by atoms with Crippen molar-refractivity contribution < 1.29 is 18.9 Å². The minimum Gasteiger partial charge on any atom is -0.352 e. The number of amides is 2. The number of nitrogens with one attached hydrogen (secondary N) is 1. The van der Waals surface area contributed by atoms with Gasteiger partial charge in [-0.05, 0) is 55.8 Å². The van der Waals surface area contributed by atoms with E-state index in [-0.39, 0.29) is 17.4 Å². The minimum atomic E-state index is -0.909. The van der Waals surface area contributed by atoms with Crippen LogP contribution in [0.1, 0.15) is 55.7 Å². The van der Waals surface area contributed by atoms with Gasteiger partial charge in [-0.15, -0.1) is 11.3 Å². The predicted molar refractivity (Wildman–Crippen MR) is 130 cm³/mol. The predicted octanol–water partition coefficient (Wildman–Crippen LogP) is 4.49. The number of thiophene rings is 1. The maximum atomic E-state index is 14.3. The largest absolute Gasteiger partial charge is 0.352 e. The van der Waals surface area contributed by atoms with Crippen LogP contribution in [-0.2, 0) is 6.42 Å². The highest BCUT2D eigenvalue weighted by Gasteiger charge is 2.29. The highest BCUT2D eigenvalue weighted by atomic mass is 32.1. The average molecular weight is 497 g/mol. The van der Waals surface area contributed by atoms with E-state index in [1.807, 2.05) is 30.5 Å². The van der Waals surface area contributed by atoms with Gasteiger partial charge in [0.25, 0.3) is 17.5 Å². The Morgan fingerprint density at radius 2 is 1.94 bits per heavy atom. The molecule has 1 aromatic carbocycles. The van der Waals surface area contributed by atoms with E-state index in [1.165, 1.54) is 9.78 Å². The van der Waals surface area contributed by atoms with E-state index in [2.05, 4.69) is 10.3 Å². The molecular formula is C25H25FN4O4S. The first-order chi connectivity index (χ1) is 16.8. The van der Waals surface area contributed by atoms with Crippen molar-refractivity contribution in [3.05, 3.63) is 91.2 Å². The molecule has 10 heteroatoms. The molecule has 1 saturated heterocycles. The standard InChI is InChI=1S/C25H25FN4O4S/c1-16-4-6-21(24(31)27-11-8-19-3-2-14-35-19)23(28-16)17-9-12-29(13-10-17)25(32)20-7-5-18(30(33)34)15-22(20)26/h2-7,14-15,17H,8-13H2,1H3,(H,27,31). The first kappa shape index (κ1) is 24.5. The number of rotatable bonds is 7. The Balaban J connectivity index is 1.41. The Hall–Kier alpha value is -3.66. The Bertz CT molecular complexity index is 1240. The number of aromatic nitrogens is 1. The molecule has 2 aromatic heterocycles. The van der Waals surface area contributed by atoms with Gasteiger partial charge in [-0.3, -0.25) is 24.7 Å². The van der Waals surface area contributed by atoms with Gasteiger partial charge >= 0.3 is 0 Å². The second-order valence-electron chi connectivity index (χ2n) is 8.46. The topological polar surface area (TPSA) is 105 Å². The maximum Gasteiger partial charge on any atom is 0.272 e. The van der Waals surface area contributed by atoms with Crippen LogP contribution in [0.3, 0.4) is 0 Å². The first-order valence-corrected chi connectivity index (χ1v) is 12.2. The monoisotopic (exact) mass is 496 g/mol. The highest BCUT2D eigenvalue weighted by molar-refractivity contribution is 7.09. The number of nitro groups is 1. The van der Waals surface area contributed by atoms with Crippen LogP contribution in [0, 0.1) is 22.9 Å². The molecule has 1 fully saturated rings. The number of hydrogen-bond donors (Lipinski definition) is 1. The number of carbonyl (C=O) groups is 2. The van der Waals surface area contributed by atoms with Crippen molar-refractivity contribution in [1.82, 2.24) is 15.2 Å². The number of benzene rings is 1. The number of halogens is 1. The van der Waals surface area contributed by atoms with E-state index in [1.54, 1.807) is 17.4 Å². The molecule has 0 unspecified atom stereocenters. The van der Waals surface area contributed by atoms with Gasteiger partial charge in [0, 0.05) is 42.2 Å². The Morgan fingerprint density at radius 3 is 2.60 bits per heavy atom. The molecule has 2 amide bonds. The Labute approximate surface area is 206 Å². The summed E-state index contributed by atoms with van der Waals surface area (Å²) in [5.41, 5.74) is 1.47. The van der Waals surface area contributed by atoms with Gasteiger partial charge < -0.3 is 10.2 Å². The number of pyridine rings is 1. The molecule has 4 rings (SSSR count). The second-order valence-corrected chi connectivity index (χ2v) is 9.49. The summed E-state index contributed by atoms with van der Waals surface area (Å²) in [6.45, 7) is 3.14. The van der Waals surface area contributed by atoms with Gasteiger partial charge in [0.05, 0.1) is 27.8 Å². The third-order valence-electron chi connectivity index (χ3n) is 6.11. The molecule has 1 aliphatic rings. The number of nitro benzene ring substituents is 1. The van der Waals surface area contributed by atoms with Gasteiger partial charge in [-0.2, -0.15) is 0 Å². The molecule has 0 radical (unpaired) electrons. The molecule has 0 aliphatic carbocycles. The fourth-order valence-electron chi connectivity index (χ4n) is 4.25. The van der Waals surface area contributed by atoms with E-state index in [0.29, 0.717) is 43.7 Å². The van der Waals surface area contributed by atoms with E-state index >= 15 is 0 Å². The Morgan fingerprint density at radius 1 is 1.20 bits per heavy atom. The van der Waals surface area contributed by atoms with Crippen LogP contribution < -0.4 is 5.32 Å². The summed E-state index contributed by atoms with van der Waals surface area (Å²) in [5.74, 6) is -1.60. The number of nitrogens with zero attached hydrogens (tertiary/aromatic N) is 3. The lowest BCUT2D eigenvalue weighted by Gasteiger charge is -2.32. The van der Waals surface area contributed by atoms with Gasteiger partial charge in [0.2, 0.25) is 0 Å². The lowest BCUT2D eigenvalue weighted by atomic mass is 9.89. The van der Waals surface area contributed by atoms with Gasteiger partial charge in [0.1, 0.15) is 5.82 Å². The summed E-state index contributed by atoms with van der Waals surface area (Å²) in [6.07, 6.45) is 1.91. The van der Waals surface area contributed by atoms with Crippen molar-refractivity contribution in [3.63, 3.8) is 0 Å². The number of aryl methyl sites for hydroxylation is 1. The van der Waals surface area contributed by atoms with Crippen LogP contribution in [0.4, 0.5) is 10.1 Å². The number of hydrogen-bond acceptors (Lipinski definition) is 6. The van der Waals surface area contributed by atoms with Crippen LogP contribution in [0.15, 0.2) is 47.8 Å². The molecule has 0 saturated carbocycles. The smallest absolute Gasteiger partial charge is 0.272 e.